The standard InChI is InChI=1S/C16H23N3OS/c1-13-18-15(12-21-13)11-19(3)7-8-20-16-6-4-5-14(9-16)10-17-2/h4-6,9,12,17H,7-8,10-11H2,1-3H3. The van der Waals surface area contributed by atoms with Gasteiger partial charge in [0.15, 0.2) is 0 Å². The number of benzene rings is 1. The predicted molar refractivity (Wildman–Crippen MR) is 87.9 cm³/mol. The van der Waals surface area contributed by atoms with E-state index in [1.807, 2.05) is 26.1 Å². The first-order chi connectivity index (χ1) is 10.2. The smallest absolute Gasteiger partial charge is 0.119 e. The molecule has 0 amide bonds. The molecule has 0 unspecified atom stereocenters. The fourth-order valence-electron chi connectivity index (χ4n) is 2.11. The van der Waals surface area contributed by atoms with Crippen LogP contribution in [0, 0.1) is 6.92 Å². The molecule has 2 rings (SSSR count). The van der Waals surface area contributed by atoms with E-state index in [0.29, 0.717) is 6.61 Å². The Morgan fingerprint density at radius 3 is 2.95 bits per heavy atom. The molecule has 0 bridgehead atoms. The van der Waals surface area contributed by atoms with Gasteiger partial charge in [0.05, 0.1) is 10.7 Å². The lowest BCUT2D eigenvalue weighted by Gasteiger charge is -2.16. The van der Waals surface area contributed by atoms with Gasteiger partial charge in [-0.25, -0.2) is 4.98 Å². The molecule has 1 heterocycles. The molecule has 1 N–H and O–H groups in total. The molecule has 0 atom stereocenters. The van der Waals surface area contributed by atoms with Gasteiger partial charge in [-0.05, 0) is 38.7 Å². The van der Waals surface area contributed by atoms with Gasteiger partial charge in [0.1, 0.15) is 12.4 Å². The molecule has 114 valence electrons. The average molecular weight is 305 g/mol. The predicted octanol–water partition coefficient (Wildman–Crippen LogP) is 2.68. The number of nitrogens with one attached hydrogen (secondary N) is 1. The van der Waals surface area contributed by atoms with Crippen LogP contribution in [-0.2, 0) is 13.1 Å². The molecular formula is C16H23N3OS. The van der Waals surface area contributed by atoms with E-state index in [0.717, 1.165) is 36.1 Å². The summed E-state index contributed by atoms with van der Waals surface area (Å²) in [7, 11) is 4.04. The molecule has 0 fully saturated rings. The first kappa shape index (κ1) is 15.9. The van der Waals surface area contributed by atoms with Crippen LogP contribution < -0.4 is 10.1 Å². The highest BCUT2D eigenvalue weighted by atomic mass is 32.1. The summed E-state index contributed by atoms with van der Waals surface area (Å²) in [6, 6.07) is 8.22. The molecule has 21 heavy (non-hydrogen) atoms. The van der Waals surface area contributed by atoms with Crippen molar-refractivity contribution in [2.75, 3.05) is 27.2 Å². The van der Waals surface area contributed by atoms with E-state index in [1.165, 1.54) is 5.56 Å². The zero-order valence-corrected chi connectivity index (χ0v) is 13.7. The van der Waals surface area contributed by atoms with Crippen molar-refractivity contribution >= 4 is 11.3 Å². The molecule has 0 spiro atoms. The summed E-state index contributed by atoms with van der Waals surface area (Å²) in [5.41, 5.74) is 2.37. The van der Waals surface area contributed by atoms with Gasteiger partial charge in [0, 0.05) is 25.0 Å². The van der Waals surface area contributed by atoms with E-state index < -0.39 is 0 Å². The number of thiazole rings is 1. The maximum absolute atomic E-state index is 5.82. The van der Waals surface area contributed by atoms with E-state index in [2.05, 4.69) is 39.8 Å². The summed E-state index contributed by atoms with van der Waals surface area (Å²) in [6.07, 6.45) is 0. The lowest BCUT2D eigenvalue weighted by atomic mass is 10.2. The largest absolute Gasteiger partial charge is 0.492 e. The Hall–Kier alpha value is -1.43. The highest BCUT2D eigenvalue weighted by Crippen LogP contribution is 2.13. The number of nitrogens with zero attached hydrogens (tertiary/aromatic N) is 2. The molecule has 0 aliphatic heterocycles. The van der Waals surface area contributed by atoms with Gasteiger partial charge in [-0.15, -0.1) is 11.3 Å². The minimum Gasteiger partial charge on any atom is -0.492 e. The molecular weight excluding hydrogens is 282 g/mol. The van der Waals surface area contributed by atoms with Crippen molar-refractivity contribution in [3.05, 3.63) is 45.9 Å². The van der Waals surface area contributed by atoms with Crippen LogP contribution in [0.1, 0.15) is 16.3 Å². The van der Waals surface area contributed by atoms with Crippen molar-refractivity contribution in [3.8, 4) is 5.75 Å². The Morgan fingerprint density at radius 2 is 2.24 bits per heavy atom. The number of hydrogen-bond donors (Lipinski definition) is 1. The number of ether oxygens (including phenoxy) is 1. The van der Waals surface area contributed by atoms with Gasteiger partial charge in [0.2, 0.25) is 0 Å². The van der Waals surface area contributed by atoms with E-state index in [-0.39, 0.29) is 0 Å². The maximum atomic E-state index is 5.82. The molecule has 0 radical (unpaired) electrons. The van der Waals surface area contributed by atoms with Gasteiger partial charge < -0.3 is 10.1 Å². The second-order valence-electron chi connectivity index (χ2n) is 5.12. The number of likely N-dealkylation sites (N-methyl/N-ethyl adjacent to an activating group) is 1. The zero-order chi connectivity index (χ0) is 15.1. The molecule has 1 aromatic carbocycles. The van der Waals surface area contributed by atoms with Crippen LogP contribution in [-0.4, -0.2) is 37.1 Å². The van der Waals surface area contributed by atoms with Crippen molar-refractivity contribution in [2.45, 2.75) is 20.0 Å². The van der Waals surface area contributed by atoms with E-state index >= 15 is 0 Å². The number of aromatic nitrogens is 1. The summed E-state index contributed by atoms with van der Waals surface area (Å²) < 4.78 is 5.82. The molecule has 0 saturated heterocycles. The van der Waals surface area contributed by atoms with Gasteiger partial charge >= 0.3 is 0 Å². The second-order valence-corrected chi connectivity index (χ2v) is 6.18. The lowest BCUT2D eigenvalue weighted by Crippen LogP contribution is -2.24. The highest BCUT2D eigenvalue weighted by molar-refractivity contribution is 7.09. The summed E-state index contributed by atoms with van der Waals surface area (Å²) in [4.78, 5) is 6.71. The Kier molecular flexibility index (Phi) is 6.17. The van der Waals surface area contributed by atoms with Crippen LogP contribution in [0.4, 0.5) is 0 Å². The SMILES string of the molecule is CNCc1cccc(OCCN(C)Cc2csc(C)n2)c1. The van der Waals surface area contributed by atoms with Gasteiger partial charge in [-0.1, -0.05) is 12.1 Å². The molecule has 0 saturated carbocycles. The highest BCUT2D eigenvalue weighted by Gasteiger charge is 2.04. The summed E-state index contributed by atoms with van der Waals surface area (Å²) in [5.74, 6) is 0.931. The topological polar surface area (TPSA) is 37.4 Å². The molecule has 0 aliphatic rings. The molecule has 4 nitrogen and oxygen atoms in total. The van der Waals surface area contributed by atoms with Crippen LogP contribution in [0.2, 0.25) is 0 Å². The first-order valence-electron chi connectivity index (χ1n) is 7.13. The first-order valence-corrected chi connectivity index (χ1v) is 8.01. The van der Waals surface area contributed by atoms with Crippen molar-refractivity contribution in [1.82, 2.24) is 15.2 Å². The van der Waals surface area contributed by atoms with Crippen LogP contribution in [0.25, 0.3) is 0 Å². The number of rotatable bonds is 8. The second kappa shape index (κ2) is 8.12. The van der Waals surface area contributed by atoms with E-state index in [1.54, 1.807) is 11.3 Å². The molecule has 2 aromatic rings. The Balaban J connectivity index is 1.74. The minimum atomic E-state index is 0.683. The van der Waals surface area contributed by atoms with E-state index in [4.69, 9.17) is 4.74 Å². The average Bonchev–Trinajstić information content (AvgIpc) is 2.85. The van der Waals surface area contributed by atoms with E-state index in [9.17, 15) is 0 Å². The number of hydrogen-bond acceptors (Lipinski definition) is 5. The Bertz CT molecular complexity index is 556. The van der Waals surface area contributed by atoms with Crippen LogP contribution in [0.5, 0.6) is 5.75 Å². The van der Waals surface area contributed by atoms with Crippen molar-refractivity contribution in [2.24, 2.45) is 0 Å². The maximum Gasteiger partial charge on any atom is 0.119 e. The van der Waals surface area contributed by atoms with Crippen LogP contribution in [0.15, 0.2) is 29.6 Å². The van der Waals surface area contributed by atoms with Crippen molar-refractivity contribution in [1.29, 1.82) is 0 Å². The summed E-state index contributed by atoms with van der Waals surface area (Å²) >= 11 is 1.70. The third kappa shape index (κ3) is 5.46. The summed E-state index contributed by atoms with van der Waals surface area (Å²) in [6.45, 7) is 5.33. The number of aryl methyl sites for hydroxylation is 1. The van der Waals surface area contributed by atoms with Crippen LogP contribution >= 0.6 is 11.3 Å². The summed E-state index contributed by atoms with van der Waals surface area (Å²) in [5, 5.41) is 6.39. The zero-order valence-electron chi connectivity index (χ0n) is 12.9. The third-order valence-corrected chi connectivity index (χ3v) is 3.94. The lowest BCUT2D eigenvalue weighted by molar-refractivity contribution is 0.231. The molecule has 1 aromatic heterocycles. The normalized spacial score (nSPS) is 11.0. The van der Waals surface area contributed by atoms with Gasteiger partial charge in [0.25, 0.3) is 0 Å². The Labute approximate surface area is 130 Å². The fourth-order valence-corrected chi connectivity index (χ4v) is 2.71. The van der Waals surface area contributed by atoms with Crippen molar-refractivity contribution in [3.63, 3.8) is 0 Å². The third-order valence-electron chi connectivity index (χ3n) is 3.12. The van der Waals surface area contributed by atoms with Crippen LogP contribution in [0.3, 0.4) is 0 Å². The minimum absolute atomic E-state index is 0.683. The van der Waals surface area contributed by atoms with Gasteiger partial charge in [-0.2, -0.15) is 0 Å². The Morgan fingerprint density at radius 1 is 1.38 bits per heavy atom. The molecule has 5 heteroatoms. The van der Waals surface area contributed by atoms with Crippen molar-refractivity contribution < 1.29 is 4.74 Å². The van der Waals surface area contributed by atoms with Gasteiger partial charge in [-0.3, -0.25) is 4.90 Å². The monoisotopic (exact) mass is 305 g/mol. The molecule has 0 aliphatic carbocycles. The quantitative estimate of drug-likeness (QED) is 0.813. The fraction of sp³-hybridized carbons (Fsp3) is 0.438.